The lowest BCUT2D eigenvalue weighted by atomic mass is 9.83. The summed E-state index contributed by atoms with van der Waals surface area (Å²) in [6.07, 6.45) is 4.03. The fourth-order valence-electron chi connectivity index (χ4n) is 3.08. The summed E-state index contributed by atoms with van der Waals surface area (Å²) in [7, 11) is 0. The lowest BCUT2D eigenvalue weighted by Gasteiger charge is -2.33. The van der Waals surface area contributed by atoms with Crippen molar-refractivity contribution in [2.24, 2.45) is 0 Å². The molecule has 2 N–H and O–H groups in total. The molecule has 18 heavy (non-hydrogen) atoms. The van der Waals surface area contributed by atoms with Gasteiger partial charge in [0, 0.05) is 13.1 Å². The molecule has 0 aromatic heterocycles. The van der Waals surface area contributed by atoms with Gasteiger partial charge in [-0.15, -0.1) is 0 Å². The maximum Gasteiger partial charge on any atom is 0.265 e. The minimum atomic E-state index is -2.67. The molecule has 1 heterocycles. The van der Waals surface area contributed by atoms with Gasteiger partial charge in [0.1, 0.15) is 6.10 Å². The van der Waals surface area contributed by atoms with E-state index in [0.717, 1.165) is 25.7 Å². The van der Waals surface area contributed by atoms with Crippen molar-refractivity contribution in [3.05, 3.63) is 0 Å². The van der Waals surface area contributed by atoms with Crippen molar-refractivity contribution in [3.8, 4) is 0 Å². The molecule has 0 aromatic rings. The second-order valence-electron chi connectivity index (χ2n) is 5.58. The summed E-state index contributed by atoms with van der Waals surface area (Å²) in [6, 6.07) is 0. The highest BCUT2D eigenvalue weighted by Crippen LogP contribution is 2.41. The van der Waals surface area contributed by atoms with Crippen LogP contribution in [-0.2, 0) is 4.74 Å². The Morgan fingerprint density at radius 2 is 1.94 bits per heavy atom. The van der Waals surface area contributed by atoms with Crippen LogP contribution in [0.4, 0.5) is 8.78 Å². The van der Waals surface area contributed by atoms with Crippen LogP contribution in [0.15, 0.2) is 0 Å². The molecular formula is C13H23F2NO2. The van der Waals surface area contributed by atoms with Gasteiger partial charge >= 0.3 is 0 Å². The number of hydrogen-bond acceptors (Lipinski definition) is 3. The number of ether oxygens (including phenoxy) is 1. The van der Waals surface area contributed by atoms with Gasteiger partial charge in [0.2, 0.25) is 0 Å². The van der Waals surface area contributed by atoms with Gasteiger partial charge in [-0.05, 0) is 25.7 Å². The highest BCUT2D eigenvalue weighted by molar-refractivity contribution is 4.91. The number of aliphatic hydroxyl groups is 1. The predicted molar refractivity (Wildman–Crippen MR) is 64.8 cm³/mol. The summed E-state index contributed by atoms with van der Waals surface area (Å²) in [5.41, 5.74) is 0.0753. The first-order valence-electron chi connectivity index (χ1n) is 6.96. The molecule has 5 heteroatoms. The molecule has 2 atom stereocenters. The van der Waals surface area contributed by atoms with Crippen LogP contribution in [0, 0.1) is 0 Å². The van der Waals surface area contributed by atoms with E-state index in [0.29, 0.717) is 6.54 Å². The van der Waals surface area contributed by atoms with Gasteiger partial charge in [-0.3, -0.25) is 0 Å². The van der Waals surface area contributed by atoms with E-state index in [1.165, 1.54) is 19.3 Å². The predicted octanol–water partition coefficient (Wildman–Crippen LogP) is 2.08. The first-order valence-corrected chi connectivity index (χ1v) is 6.96. The number of aliphatic hydroxyl groups excluding tert-OH is 1. The van der Waals surface area contributed by atoms with Crippen LogP contribution in [0.2, 0.25) is 0 Å². The Morgan fingerprint density at radius 3 is 2.61 bits per heavy atom. The Labute approximate surface area is 107 Å². The van der Waals surface area contributed by atoms with Crippen molar-refractivity contribution in [2.45, 2.75) is 69.2 Å². The molecule has 0 radical (unpaired) electrons. The lowest BCUT2D eigenvalue weighted by Crippen LogP contribution is -2.38. The molecule has 1 aliphatic heterocycles. The Kier molecular flexibility index (Phi) is 4.92. The second kappa shape index (κ2) is 6.26. The Bertz CT molecular complexity index is 257. The van der Waals surface area contributed by atoms with Crippen molar-refractivity contribution < 1.29 is 18.6 Å². The smallest absolute Gasteiger partial charge is 0.265 e. The summed E-state index contributed by atoms with van der Waals surface area (Å²) in [6.45, 7) is 0.496. The molecular weight excluding hydrogens is 240 g/mol. The molecule has 2 aliphatic rings. The standard InChI is InChI=1S/C13H23F2NO2/c14-12(15)11(17)9-16-8-10-4-7-13(18-10)5-2-1-3-6-13/h10-12,16-17H,1-9H2. The van der Waals surface area contributed by atoms with Crippen LogP contribution < -0.4 is 5.32 Å². The van der Waals surface area contributed by atoms with Crippen molar-refractivity contribution in [2.75, 3.05) is 13.1 Å². The van der Waals surface area contributed by atoms with Gasteiger partial charge in [-0.1, -0.05) is 19.3 Å². The van der Waals surface area contributed by atoms with E-state index < -0.39 is 12.5 Å². The minimum absolute atomic E-state index is 0.0650. The Morgan fingerprint density at radius 1 is 1.22 bits per heavy atom. The van der Waals surface area contributed by atoms with Crippen LogP contribution in [0.3, 0.4) is 0 Å². The summed E-state index contributed by atoms with van der Waals surface area (Å²) < 4.78 is 30.3. The van der Waals surface area contributed by atoms with Crippen molar-refractivity contribution in [1.29, 1.82) is 0 Å². The summed E-state index contributed by atoms with van der Waals surface area (Å²) in [5, 5.41) is 11.9. The fraction of sp³-hybridized carbons (Fsp3) is 1.00. The average Bonchev–Trinajstić information content (AvgIpc) is 2.73. The maximum atomic E-state index is 12.1. The molecule has 2 fully saturated rings. The zero-order valence-electron chi connectivity index (χ0n) is 10.7. The molecule has 0 amide bonds. The van der Waals surface area contributed by atoms with Gasteiger partial charge in [-0.2, -0.15) is 0 Å². The van der Waals surface area contributed by atoms with E-state index in [1.807, 2.05) is 0 Å². The van der Waals surface area contributed by atoms with E-state index in [-0.39, 0.29) is 18.2 Å². The van der Waals surface area contributed by atoms with Gasteiger partial charge in [0.25, 0.3) is 6.43 Å². The first kappa shape index (κ1) is 14.2. The molecule has 2 unspecified atom stereocenters. The van der Waals surface area contributed by atoms with Gasteiger partial charge < -0.3 is 15.2 Å². The SMILES string of the molecule is OC(CNCC1CCC2(CCCCC2)O1)C(F)F. The maximum absolute atomic E-state index is 12.1. The third-order valence-electron chi connectivity index (χ3n) is 4.12. The van der Waals surface area contributed by atoms with Crippen LogP contribution >= 0.6 is 0 Å². The van der Waals surface area contributed by atoms with Gasteiger partial charge in [0.05, 0.1) is 11.7 Å². The lowest BCUT2D eigenvalue weighted by molar-refractivity contribution is -0.0640. The van der Waals surface area contributed by atoms with Gasteiger partial charge in [-0.25, -0.2) is 8.78 Å². The van der Waals surface area contributed by atoms with Crippen LogP contribution in [-0.4, -0.2) is 42.4 Å². The third-order valence-corrected chi connectivity index (χ3v) is 4.12. The summed E-state index contributed by atoms with van der Waals surface area (Å²) >= 11 is 0. The number of nitrogens with one attached hydrogen (secondary N) is 1. The van der Waals surface area contributed by atoms with Crippen molar-refractivity contribution in [1.82, 2.24) is 5.32 Å². The normalized spacial score (nSPS) is 29.0. The van der Waals surface area contributed by atoms with Crippen molar-refractivity contribution >= 4 is 0 Å². The molecule has 2 rings (SSSR count). The molecule has 1 spiro atoms. The highest BCUT2D eigenvalue weighted by atomic mass is 19.3. The quantitative estimate of drug-likeness (QED) is 0.798. The van der Waals surface area contributed by atoms with Crippen LogP contribution in [0.5, 0.6) is 0 Å². The zero-order valence-corrected chi connectivity index (χ0v) is 10.7. The molecule has 106 valence electrons. The highest BCUT2D eigenvalue weighted by Gasteiger charge is 2.40. The molecule has 0 aromatic carbocycles. The Hall–Kier alpha value is -0.260. The van der Waals surface area contributed by atoms with E-state index in [4.69, 9.17) is 9.84 Å². The fourth-order valence-corrected chi connectivity index (χ4v) is 3.08. The molecule has 3 nitrogen and oxygen atoms in total. The molecule has 0 bridgehead atoms. The van der Waals surface area contributed by atoms with Crippen LogP contribution in [0.25, 0.3) is 0 Å². The third kappa shape index (κ3) is 3.62. The van der Waals surface area contributed by atoms with Crippen molar-refractivity contribution in [3.63, 3.8) is 0 Å². The van der Waals surface area contributed by atoms with E-state index in [2.05, 4.69) is 5.32 Å². The first-order chi connectivity index (χ1) is 8.61. The largest absolute Gasteiger partial charge is 0.386 e. The number of halogens is 2. The van der Waals surface area contributed by atoms with Crippen LogP contribution in [0.1, 0.15) is 44.9 Å². The Balaban J connectivity index is 1.66. The van der Waals surface area contributed by atoms with E-state index >= 15 is 0 Å². The minimum Gasteiger partial charge on any atom is -0.386 e. The molecule has 1 saturated carbocycles. The number of hydrogen-bond donors (Lipinski definition) is 2. The summed E-state index contributed by atoms with van der Waals surface area (Å²) in [4.78, 5) is 0. The average molecular weight is 263 g/mol. The second-order valence-corrected chi connectivity index (χ2v) is 5.58. The zero-order chi connectivity index (χ0) is 13.0. The number of alkyl halides is 2. The monoisotopic (exact) mass is 263 g/mol. The van der Waals surface area contributed by atoms with Gasteiger partial charge in [0.15, 0.2) is 0 Å². The summed E-state index contributed by atoms with van der Waals surface area (Å²) in [5.74, 6) is 0. The van der Waals surface area contributed by atoms with E-state index in [1.54, 1.807) is 0 Å². The topological polar surface area (TPSA) is 41.5 Å². The van der Waals surface area contributed by atoms with E-state index in [9.17, 15) is 8.78 Å². The molecule has 1 saturated heterocycles. The number of rotatable bonds is 5. The molecule has 1 aliphatic carbocycles.